The summed E-state index contributed by atoms with van der Waals surface area (Å²) < 4.78 is 41.3. The van der Waals surface area contributed by atoms with E-state index in [1.165, 1.54) is 15.5 Å². The SMILES string of the molecule is O=C1Cc2cc(-n3c(C4CN(C(=O)O)C4)nc4ccc(C(F)(F)F)nc43)ccc2N1. The highest BCUT2D eigenvalue weighted by Crippen LogP contribution is 2.35. The lowest BCUT2D eigenvalue weighted by atomic mass is 9.99. The quantitative estimate of drug-likeness (QED) is 0.668. The van der Waals surface area contributed by atoms with E-state index in [2.05, 4.69) is 15.3 Å². The van der Waals surface area contributed by atoms with Gasteiger partial charge in [0.1, 0.15) is 17.0 Å². The Kier molecular flexibility index (Phi) is 3.79. The smallest absolute Gasteiger partial charge is 0.433 e. The van der Waals surface area contributed by atoms with E-state index in [9.17, 15) is 22.8 Å². The Hall–Kier alpha value is -3.63. The number of amides is 2. The maximum absolute atomic E-state index is 13.2. The minimum absolute atomic E-state index is 0.0332. The van der Waals surface area contributed by atoms with Crippen molar-refractivity contribution in [1.29, 1.82) is 0 Å². The van der Waals surface area contributed by atoms with Crippen molar-refractivity contribution in [1.82, 2.24) is 19.4 Å². The van der Waals surface area contributed by atoms with Crippen molar-refractivity contribution in [3.05, 3.63) is 47.4 Å². The van der Waals surface area contributed by atoms with Crippen LogP contribution in [-0.2, 0) is 17.4 Å². The van der Waals surface area contributed by atoms with Crippen LogP contribution in [0.5, 0.6) is 0 Å². The first-order valence-electron chi connectivity index (χ1n) is 9.08. The number of carbonyl (C=O) groups is 2. The van der Waals surface area contributed by atoms with E-state index in [-0.39, 0.29) is 42.5 Å². The molecule has 154 valence electrons. The number of alkyl halides is 3. The number of rotatable bonds is 2. The molecule has 0 saturated carbocycles. The van der Waals surface area contributed by atoms with Gasteiger partial charge in [0.2, 0.25) is 5.91 Å². The molecule has 1 aromatic carbocycles. The van der Waals surface area contributed by atoms with E-state index >= 15 is 0 Å². The molecule has 3 aromatic rings. The molecule has 30 heavy (non-hydrogen) atoms. The van der Waals surface area contributed by atoms with Gasteiger partial charge in [-0.2, -0.15) is 13.2 Å². The predicted molar refractivity (Wildman–Crippen MR) is 98.5 cm³/mol. The van der Waals surface area contributed by atoms with Crippen LogP contribution in [0.3, 0.4) is 0 Å². The molecule has 1 fully saturated rings. The number of aromatic nitrogens is 3. The number of carbonyl (C=O) groups excluding carboxylic acids is 1. The van der Waals surface area contributed by atoms with Gasteiger partial charge in [-0.1, -0.05) is 0 Å². The van der Waals surface area contributed by atoms with Crippen molar-refractivity contribution in [2.75, 3.05) is 18.4 Å². The number of imidazole rings is 1. The van der Waals surface area contributed by atoms with E-state index in [0.717, 1.165) is 11.6 Å². The van der Waals surface area contributed by atoms with Gasteiger partial charge in [-0.3, -0.25) is 9.36 Å². The van der Waals surface area contributed by atoms with Crippen LogP contribution < -0.4 is 5.32 Å². The van der Waals surface area contributed by atoms with Crippen LogP contribution in [0.1, 0.15) is 23.0 Å². The van der Waals surface area contributed by atoms with Crippen LogP contribution >= 0.6 is 0 Å². The minimum atomic E-state index is -4.62. The topological polar surface area (TPSA) is 100 Å². The van der Waals surface area contributed by atoms with E-state index in [1.807, 2.05) is 0 Å². The fourth-order valence-electron chi connectivity index (χ4n) is 3.81. The maximum atomic E-state index is 13.2. The number of hydrogen-bond acceptors (Lipinski definition) is 4. The molecule has 8 nitrogen and oxygen atoms in total. The van der Waals surface area contributed by atoms with Crippen molar-refractivity contribution in [2.24, 2.45) is 0 Å². The van der Waals surface area contributed by atoms with Crippen LogP contribution in [0.4, 0.5) is 23.7 Å². The summed E-state index contributed by atoms with van der Waals surface area (Å²) >= 11 is 0. The fourth-order valence-corrected chi connectivity index (χ4v) is 3.81. The third-order valence-electron chi connectivity index (χ3n) is 5.31. The molecule has 1 saturated heterocycles. The summed E-state index contributed by atoms with van der Waals surface area (Å²) in [6.45, 7) is 0.380. The second-order valence-corrected chi connectivity index (χ2v) is 7.29. The lowest BCUT2D eigenvalue weighted by molar-refractivity contribution is -0.141. The molecule has 2 aliphatic heterocycles. The molecule has 2 aliphatic rings. The number of nitrogens with zero attached hydrogens (tertiary/aromatic N) is 4. The van der Waals surface area contributed by atoms with Gasteiger partial charge >= 0.3 is 12.3 Å². The molecular formula is C19H14F3N5O3. The molecular weight excluding hydrogens is 403 g/mol. The van der Waals surface area contributed by atoms with E-state index in [4.69, 9.17) is 5.11 Å². The first-order valence-corrected chi connectivity index (χ1v) is 9.08. The molecule has 0 bridgehead atoms. The van der Waals surface area contributed by atoms with Gasteiger partial charge in [-0.25, -0.2) is 14.8 Å². The zero-order chi connectivity index (χ0) is 21.2. The summed E-state index contributed by atoms with van der Waals surface area (Å²) in [5.41, 5.74) is 1.16. The average Bonchev–Trinajstić information content (AvgIpc) is 3.17. The highest BCUT2D eigenvalue weighted by atomic mass is 19.4. The number of hydrogen-bond donors (Lipinski definition) is 2. The largest absolute Gasteiger partial charge is 0.465 e. The van der Waals surface area contributed by atoms with E-state index < -0.39 is 18.0 Å². The van der Waals surface area contributed by atoms with Crippen molar-refractivity contribution in [3.8, 4) is 5.69 Å². The van der Waals surface area contributed by atoms with Crippen molar-refractivity contribution in [3.63, 3.8) is 0 Å². The van der Waals surface area contributed by atoms with Crippen molar-refractivity contribution >= 4 is 28.9 Å². The van der Waals surface area contributed by atoms with Gasteiger partial charge in [-0.05, 0) is 35.9 Å². The Morgan fingerprint density at radius 2 is 1.93 bits per heavy atom. The van der Waals surface area contributed by atoms with E-state index in [0.29, 0.717) is 17.2 Å². The molecule has 2 N–H and O–H groups in total. The van der Waals surface area contributed by atoms with Gasteiger partial charge in [0, 0.05) is 24.5 Å². The molecule has 0 spiro atoms. The molecule has 5 rings (SSSR count). The Labute approximate surface area is 166 Å². The second-order valence-electron chi connectivity index (χ2n) is 7.29. The first-order chi connectivity index (χ1) is 14.2. The molecule has 11 heteroatoms. The van der Waals surface area contributed by atoms with Crippen molar-refractivity contribution < 1.29 is 27.9 Å². The Balaban J connectivity index is 1.67. The number of nitrogens with one attached hydrogen (secondary N) is 1. The highest BCUT2D eigenvalue weighted by molar-refractivity contribution is 5.99. The van der Waals surface area contributed by atoms with Crippen LogP contribution in [0.2, 0.25) is 0 Å². The molecule has 2 aromatic heterocycles. The zero-order valence-corrected chi connectivity index (χ0v) is 15.3. The maximum Gasteiger partial charge on any atom is 0.433 e. The standard InChI is InChI=1S/C19H14F3N5O3/c20-19(21,22)14-4-3-13-17(25-14)27(16(24-13)10-7-26(8-10)18(29)30)11-1-2-12-9(5-11)6-15(28)23-12/h1-5,10H,6-8H2,(H,23,28)(H,29,30). The molecule has 0 atom stereocenters. The van der Waals surface area contributed by atoms with Crippen LogP contribution in [0.25, 0.3) is 16.9 Å². The Morgan fingerprint density at radius 3 is 2.63 bits per heavy atom. The average molecular weight is 417 g/mol. The molecule has 0 aliphatic carbocycles. The first kappa shape index (κ1) is 18.4. The van der Waals surface area contributed by atoms with Crippen molar-refractivity contribution in [2.45, 2.75) is 18.5 Å². The summed E-state index contributed by atoms with van der Waals surface area (Å²) in [4.78, 5) is 32.3. The molecule has 0 radical (unpaired) electrons. The van der Waals surface area contributed by atoms with Gasteiger partial charge in [0.05, 0.1) is 12.3 Å². The fraction of sp³-hybridized carbons (Fsp3) is 0.263. The minimum Gasteiger partial charge on any atom is -0.465 e. The Bertz CT molecular complexity index is 1210. The lowest BCUT2D eigenvalue weighted by Gasteiger charge is -2.36. The summed E-state index contributed by atoms with van der Waals surface area (Å²) in [6.07, 6.45) is -5.51. The normalized spacial score (nSPS) is 16.5. The highest BCUT2D eigenvalue weighted by Gasteiger charge is 2.37. The van der Waals surface area contributed by atoms with Crippen LogP contribution in [0.15, 0.2) is 30.3 Å². The van der Waals surface area contributed by atoms with Gasteiger partial charge in [0.15, 0.2) is 5.65 Å². The number of benzene rings is 1. The Morgan fingerprint density at radius 1 is 1.17 bits per heavy atom. The molecule has 0 unspecified atom stereocenters. The van der Waals surface area contributed by atoms with E-state index in [1.54, 1.807) is 18.2 Å². The number of pyridine rings is 1. The number of carboxylic acid groups (broad SMARTS) is 1. The van der Waals surface area contributed by atoms with Gasteiger partial charge in [-0.15, -0.1) is 0 Å². The predicted octanol–water partition coefficient (Wildman–Crippen LogP) is 3.01. The third kappa shape index (κ3) is 2.85. The monoisotopic (exact) mass is 417 g/mol. The summed E-state index contributed by atoms with van der Waals surface area (Å²) in [6, 6.07) is 7.21. The number of fused-ring (bicyclic) bond motifs is 2. The van der Waals surface area contributed by atoms with Crippen LogP contribution in [-0.4, -0.2) is 49.6 Å². The lowest BCUT2D eigenvalue weighted by Crippen LogP contribution is -2.48. The summed E-state index contributed by atoms with van der Waals surface area (Å²) in [7, 11) is 0. The van der Waals surface area contributed by atoms with Crippen LogP contribution in [0, 0.1) is 0 Å². The zero-order valence-electron chi connectivity index (χ0n) is 15.3. The van der Waals surface area contributed by atoms with Gasteiger partial charge in [0.25, 0.3) is 0 Å². The molecule has 4 heterocycles. The number of halogens is 3. The third-order valence-corrected chi connectivity index (χ3v) is 5.31. The summed E-state index contributed by atoms with van der Waals surface area (Å²) in [5.74, 6) is -0.00403. The van der Waals surface area contributed by atoms with Gasteiger partial charge < -0.3 is 15.3 Å². The summed E-state index contributed by atoms with van der Waals surface area (Å²) in [5, 5.41) is 11.8. The molecule has 2 amide bonds. The number of anilines is 1. The second kappa shape index (κ2) is 6.18. The number of likely N-dealkylation sites (tertiary alicyclic amines) is 1.